The summed E-state index contributed by atoms with van der Waals surface area (Å²) >= 11 is 5.97. The van der Waals surface area contributed by atoms with E-state index in [0.717, 1.165) is 16.8 Å². The third kappa shape index (κ3) is 4.02. The fourth-order valence-corrected chi connectivity index (χ4v) is 2.40. The smallest absolute Gasteiger partial charge is 0.234 e. The second kappa shape index (κ2) is 7.31. The van der Waals surface area contributed by atoms with Crippen molar-refractivity contribution < 1.29 is 4.74 Å². The van der Waals surface area contributed by atoms with E-state index in [1.807, 2.05) is 49.1 Å². The molecule has 0 aliphatic rings. The van der Waals surface area contributed by atoms with Crippen LogP contribution in [0.25, 0.3) is 0 Å². The monoisotopic (exact) mass is 343 g/mol. The van der Waals surface area contributed by atoms with Crippen molar-refractivity contribution in [2.24, 2.45) is 7.05 Å². The Labute approximate surface area is 145 Å². The minimum Gasteiger partial charge on any atom is -0.472 e. The molecule has 0 amide bonds. The van der Waals surface area contributed by atoms with Gasteiger partial charge in [-0.05, 0) is 24.6 Å². The van der Waals surface area contributed by atoms with Gasteiger partial charge >= 0.3 is 0 Å². The molecule has 1 aromatic carbocycles. The number of benzene rings is 1. The lowest BCUT2D eigenvalue weighted by atomic mass is 10.2. The third-order valence-electron chi connectivity index (χ3n) is 3.69. The third-order valence-corrected chi connectivity index (χ3v) is 3.92. The lowest BCUT2D eigenvalue weighted by Crippen LogP contribution is -2.05. The summed E-state index contributed by atoms with van der Waals surface area (Å²) in [5, 5.41) is 8.14. The number of nitrogens with one attached hydrogen (secondary N) is 1. The summed E-state index contributed by atoms with van der Waals surface area (Å²) in [5.41, 5.74) is 3.21. The van der Waals surface area contributed by atoms with Crippen molar-refractivity contribution in [3.8, 4) is 5.88 Å². The molecular formula is C17H18ClN5O. The molecule has 0 radical (unpaired) electrons. The molecule has 0 bridgehead atoms. The number of rotatable bonds is 6. The molecule has 3 rings (SSSR count). The first-order valence-electron chi connectivity index (χ1n) is 7.52. The van der Waals surface area contributed by atoms with Crippen LogP contribution >= 0.6 is 11.6 Å². The first kappa shape index (κ1) is 16.3. The molecule has 0 fully saturated rings. The Morgan fingerprint density at radius 1 is 1.25 bits per heavy atom. The number of anilines is 1. The quantitative estimate of drug-likeness (QED) is 0.743. The maximum absolute atomic E-state index is 5.97. The molecule has 6 nitrogen and oxygen atoms in total. The average Bonchev–Trinajstić information content (AvgIpc) is 2.90. The zero-order valence-electron chi connectivity index (χ0n) is 13.5. The van der Waals surface area contributed by atoms with Crippen LogP contribution < -0.4 is 10.1 Å². The molecule has 7 heteroatoms. The molecule has 124 valence electrons. The van der Waals surface area contributed by atoms with Gasteiger partial charge in [-0.3, -0.25) is 9.67 Å². The average molecular weight is 344 g/mol. The van der Waals surface area contributed by atoms with Crippen LogP contribution in [0.15, 0.2) is 42.9 Å². The van der Waals surface area contributed by atoms with Gasteiger partial charge in [-0.15, -0.1) is 0 Å². The summed E-state index contributed by atoms with van der Waals surface area (Å²) in [6.07, 6.45) is 5.10. The predicted molar refractivity (Wildman–Crippen MR) is 93.1 cm³/mol. The van der Waals surface area contributed by atoms with Crippen LogP contribution in [0.4, 0.5) is 5.82 Å². The largest absolute Gasteiger partial charge is 0.472 e. The first-order chi connectivity index (χ1) is 11.6. The Bertz CT molecular complexity index is 833. The normalized spacial score (nSPS) is 10.6. The van der Waals surface area contributed by atoms with Gasteiger partial charge < -0.3 is 10.1 Å². The summed E-state index contributed by atoms with van der Waals surface area (Å²) in [6, 6.07) is 7.53. The molecule has 24 heavy (non-hydrogen) atoms. The fraction of sp³-hybridized carbons (Fsp3) is 0.235. The van der Waals surface area contributed by atoms with E-state index < -0.39 is 0 Å². The van der Waals surface area contributed by atoms with Gasteiger partial charge in [0, 0.05) is 29.9 Å². The summed E-state index contributed by atoms with van der Waals surface area (Å²) < 4.78 is 7.52. The second-order valence-electron chi connectivity index (χ2n) is 5.39. The lowest BCUT2D eigenvalue weighted by Gasteiger charge is -2.08. The molecule has 2 aromatic heterocycles. The number of ether oxygens (including phenoxy) is 1. The minimum absolute atomic E-state index is 0.389. The molecule has 0 unspecified atom stereocenters. The van der Waals surface area contributed by atoms with Gasteiger partial charge in [0.25, 0.3) is 0 Å². The predicted octanol–water partition coefficient (Wildman–Crippen LogP) is 3.36. The van der Waals surface area contributed by atoms with E-state index in [1.165, 1.54) is 0 Å². The summed E-state index contributed by atoms with van der Waals surface area (Å²) in [4.78, 5) is 8.56. The van der Waals surface area contributed by atoms with Crippen molar-refractivity contribution in [2.75, 3.05) is 5.32 Å². The number of nitrogens with zero attached hydrogens (tertiary/aromatic N) is 4. The van der Waals surface area contributed by atoms with E-state index in [2.05, 4.69) is 20.4 Å². The summed E-state index contributed by atoms with van der Waals surface area (Å²) in [7, 11) is 1.92. The van der Waals surface area contributed by atoms with E-state index in [9.17, 15) is 0 Å². The van der Waals surface area contributed by atoms with Crippen LogP contribution in [-0.2, 0) is 20.2 Å². The highest BCUT2D eigenvalue weighted by atomic mass is 35.5. The maximum Gasteiger partial charge on any atom is 0.234 e. The number of hydrogen-bond donors (Lipinski definition) is 1. The van der Waals surface area contributed by atoms with Crippen molar-refractivity contribution in [3.63, 3.8) is 0 Å². The number of hydrogen-bond acceptors (Lipinski definition) is 5. The molecule has 0 saturated heterocycles. The zero-order valence-corrected chi connectivity index (χ0v) is 14.3. The Morgan fingerprint density at radius 2 is 2.12 bits per heavy atom. The summed E-state index contributed by atoms with van der Waals surface area (Å²) in [6.45, 7) is 3.05. The Balaban J connectivity index is 1.60. The highest BCUT2D eigenvalue weighted by Gasteiger charge is 2.05. The fourth-order valence-electron chi connectivity index (χ4n) is 2.19. The van der Waals surface area contributed by atoms with Gasteiger partial charge in [-0.1, -0.05) is 23.7 Å². The van der Waals surface area contributed by atoms with Crippen molar-refractivity contribution in [3.05, 3.63) is 64.7 Å². The number of halogens is 1. The van der Waals surface area contributed by atoms with Crippen molar-refractivity contribution in [1.29, 1.82) is 0 Å². The topological polar surface area (TPSA) is 64.9 Å². The first-order valence-corrected chi connectivity index (χ1v) is 7.90. The van der Waals surface area contributed by atoms with Crippen LogP contribution in [-0.4, -0.2) is 19.7 Å². The van der Waals surface area contributed by atoms with Gasteiger partial charge in [-0.25, -0.2) is 0 Å². The molecule has 0 aliphatic carbocycles. The van der Waals surface area contributed by atoms with Crippen molar-refractivity contribution in [1.82, 2.24) is 19.7 Å². The SMILES string of the molecule is Cc1c(CNc2cncc(OCc3cccc(Cl)c3)n2)cnn1C. The molecule has 1 N–H and O–H groups in total. The van der Waals surface area contributed by atoms with Crippen molar-refractivity contribution in [2.45, 2.75) is 20.1 Å². The lowest BCUT2D eigenvalue weighted by molar-refractivity contribution is 0.293. The van der Waals surface area contributed by atoms with E-state index in [1.54, 1.807) is 12.4 Å². The van der Waals surface area contributed by atoms with Crippen LogP contribution in [0.2, 0.25) is 5.02 Å². The zero-order chi connectivity index (χ0) is 16.9. The molecule has 0 spiro atoms. The minimum atomic E-state index is 0.389. The molecule has 0 aliphatic heterocycles. The summed E-state index contributed by atoms with van der Waals surface area (Å²) in [5.74, 6) is 1.12. The van der Waals surface area contributed by atoms with E-state index in [4.69, 9.17) is 16.3 Å². The van der Waals surface area contributed by atoms with E-state index >= 15 is 0 Å². The Morgan fingerprint density at radius 3 is 2.88 bits per heavy atom. The highest BCUT2D eigenvalue weighted by Crippen LogP contribution is 2.15. The van der Waals surface area contributed by atoms with Gasteiger partial charge in [0.15, 0.2) is 0 Å². The van der Waals surface area contributed by atoms with Crippen LogP contribution in [0, 0.1) is 6.92 Å². The van der Waals surface area contributed by atoms with Gasteiger partial charge in [0.05, 0.1) is 18.6 Å². The van der Waals surface area contributed by atoms with Crippen LogP contribution in [0.5, 0.6) is 5.88 Å². The molecule has 0 atom stereocenters. The molecule has 2 heterocycles. The number of aryl methyl sites for hydroxylation is 1. The highest BCUT2D eigenvalue weighted by molar-refractivity contribution is 6.30. The maximum atomic E-state index is 5.97. The Kier molecular flexibility index (Phi) is 4.96. The second-order valence-corrected chi connectivity index (χ2v) is 5.83. The molecule has 3 aromatic rings. The van der Waals surface area contributed by atoms with Crippen LogP contribution in [0.1, 0.15) is 16.8 Å². The Hall–Kier alpha value is -2.60. The van der Waals surface area contributed by atoms with Gasteiger partial charge in [0.1, 0.15) is 12.4 Å². The van der Waals surface area contributed by atoms with Crippen molar-refractivity contribution >= 4 is 17.4 Å². The molecular weight excluding hydrogens is 326 g/mol. The van der Waals surface area contributed by atoms with Gasteiger partial charge in [0.2, 0.25) is 5.88 Å². The van der Waals surface area contributed by atoms with E-state index in [0.29, 0.717) is 29.9 Å². The standard InChI is InChI=1S/C17H18ClN5O/c1-12-14(8-21-23(12)2)7-20-16-9-19-10-17(22-16)24-11-13-4-3-5-15(18)6-13/h3-6,8-10H,7,11H2,1-2H3,(H,20,22). The van der Waals surface area contributed by atoms with E-state index in [-0.39, 0.29) is 0 Å². The van der Waals surface area contributed by atoms with Crippen LogP contribution in [0.3, 0.4) is 0 Å². The van der Waals surface area contributed by atoms with Gasteiger partial charge in [-0.2, -0.15) is 10.1 Å². The number of aromatic nitrogens is 4. The molecule has 0 saturated carbocycles.